The van der Waals surface area contributed by atoms with E-state index in [0.717, 1.165) is 0 Å². The van der Waals surface area contributed by atoms with Crippen molar-refractivity contribution in [2.24, 2.45) is 16.3 Å². The highest BCUT2D eigenvalue weighted by Crippen LogP contribution is 2.24. The van der Waals surface area contributed by atoms with Crippen LogP contribution in [0.15, 0.2) is 17.0 Å². The molecule has 0 spiro atoms. The molecule has 0 atom stereocenters. The Hall–Kier alpha value is -0.640. The first-order valence-electron chi connectivity index (χ1n) is 4.99. The molecule has 2 N–H and O–H groups in total. The summed E-state index contributed by atoms with van der Waals surface area (Å²) in [6, 6.07) is 0. The third kappa shape index (κ3) is 5.11. The maximum Gasteiger partial charge on any atom is 0.146 e. The van der Waals surface area contributed by atoms with Crippen LogP contribution in [0.1, 0.15) is 41.5 Å². The fourth-order valence-electron chi connectivity index (χ4n) is 0.753. The largest absolute Gasteiger partial charge is 0.384 e. The number of nitrogens with zero attached hydrogens (tertiary/aromatic N) is 1. The van der Waals surface area contributed by atoms with Crippen LogP contribution in [0.4, 0.5) is 0 Å². The standard InChI is InChI=1S/C11H22N2OS/c1-7-8(11(5,6)15)14-13-9(12)10(2,3)4/h7,15H,1-6H3,(H2,12,13)/b8-7-. The molecule has 0 saturated carbocycles. The van der Waals surface area contributed by atoms with Gasteiger partial charge in [0.1, 0.15) is 11.6 Å². The first-order chi connectivity index (χ1) is 6.59. The number of hydrogen-bond acceptors (Lipinski definition) is 3. The molecule has 0 fully saturated rings. The fraction of sp³-hybridized carbons (Fsp3) is 0.727. The van der Waals surface area contributed by atoms with Crippen molar-refractivity contribution in [3.63, 3.8) is 0 Å². The molecule has 4 heteroatoms. The highest BCUT2D eigenvalue weighted by atomic mass is 32.1. The van der Waals surface area contributed by atoms with Crippen molar-refractivity contribution in [2.75, 3.05) is 0 Å². The molecule has 0 amide bonds. The maximum absolute atomic E-state index is 5.77. The van der Waals surface area contributed by atoms with E-state index in [4.69, 9.17) is 10.6 Å². The summed E-state index contributed by atoms with van der Waals surface area (Å²) in [6.07, 6.45) is 1.84. The molecular weight excluding hydrogens is 208 g/mol. The number of nitrogens with two attached hydrogens (primary N) is 1. The minimum atomic E-state index is -0.351. The van der Waals surface area contributed by atoms with E-state index in [-0.39, 0.29) is 10.2 Å². The Morgan fingerprint density at radius 3 is 2.00 bits per heavy atom. The zero-order valence-electron chi connectivity index (χ0n) is 10.5. The van der Waals surface area contributed by atoms with Crippen molar-refractivity contribution >= 4 is 18.5 Å². The van der Waals surface area contributed by atoms with Crippen LogP contribution in [0, 0.1) is 5.41 Å². The topological polar surface area (TPSA) is 47.6 Å². The Morgan fingerprint density at radius 2 is 1.73 bits per heavy atom. The third-order valence-electron chi connectivity index (χ3n) is 1.88. The molecule has 88 valence electrons. The fourth-order valence-corrected chi connectivity index (χ4v) is 0.923. The Morgan fingerprint density at radius 1 is 1.27 bits per heavy atom. The molecule has 0 rings (SSSR count). The zero-order chi connectivity index (χ0) is 12.3. The molecule has 0 aromatic rings. The number of allylic oxidation sites excluding steroid dienone is 1. The second-order valence-corrected chi connectivity index (χ2v) is 6.15. The highest BCUT2D eigenvalue weighted by Gasteiger charge is 2.21. The molecule has 0 saturated heterocycles. The van der Waals surface area contributed by atoms with Crippen molar-refractivity contribution < 1.29 is 4.84 Å². The predicted octanol–water partition coefficient (Wildman–Crippen LogP) is 2.93. The van der Waals surface area contributed by atoms with E-state index in [0.29, 0.717) is 11.6 Å². The van der Waals surface area contributed by atoms with Gasteiger partial charge in [-0.15, -0.1) is 0 Å². The minimum Gasteiger partial charge on any atom is -0.384 e. The van der Waals surface area contributed by atoms with Crippen LogP contribution in [0.5, 0.6) is 0 Å². The molecule has 3 nitrogen and oxygen atoms in total. The number of oxime groups is 1. The van der Waals surface area contributed by atoms with Crippen LogP contribution in [-0.4, -0.2) is 10.6 Å². The van der Waals surface area contributed by atoms with Crippen molar-refractivity contribution in [1.29, 1.82) is 0 Å². The third-order valence-corrected chi connectivity index (χ3v) is 2.10. The van der Waals surface area contributed by atoms with Gasteiger partial charge in [0.2, 0.25) is 0 Å². The lowest BCUT2D eigenvalue weighted by Crippen LogP contribution is -2.29. The predicted molar refractivity (Wildman–Crippen MR) is 69.0 cm³/mol. The van der Waals surface area contributed by atoms with Crippen LogP contribution in [0.2, 0.25) is 0 Å². The molecule has 0 radical (unpaired) electrons. The van der Waals surface area contributed by atoms with Gasteiger partial charge < -0.3 is 10.6 Å². The van der Waals surface area contributed by atoms with Crippen LogP contribution < -0.4 is 5.73 Å². The van der Waals surface area contributed by atoms with Gasteiger partial charge in [-0.2, -0.15) is 12.6 Å². The lowest BCUT2D eigenvalue weighted by molar-refractivity contribution is 0.201. The van der Waals surface area contributed by atoms with Crippen molar-refractivity contribution in [1.82, 2.24) is 0 Å². The van der Waals surface area contributed by atoms with E-state index < -0.39 is 0 Å². The van der Waals surface area contributed by atoms with Gasteiger partial charge in [-0.25, -0.2) is 0 Å². The SMILES string of the molecule is C/C=C(\O/N=C(\N)C(C)(C)C)C(C)(C)S. The molecule has 0 aliphatic rings. The maximum atomic E-state index is 5.77. The van der Waals surface area contributed by atoms with E-state index in [1.807, 2.05) is 47.6 Å². The summed E-state index contributed by atoms with van der Waals surface area (Å²) in [7, 11) is 0. The quantitative estimate of drug-likeness (QED) is 0.257. The number of amidine groups is 1. The second kappa shape index (κ2) is 4.92. The van der Waals surface area contributed by atoms with E-state index >= 15 is 0 Å². The molecule has 0 unspecified atom stereocenters. The van der Waals surface area contributed by atoms with Crippen LogP contribution in [0.3, 0.4) is 0 Å². The van der Waals surface area contributed by atoms with E-state index in [1.165, 1.54) is 0 Å². The Labute approximate surface area is 98.2 Å². The molecule has 0 aliphatic carbocycles. The summed E-state index contributed by atoms with van der Waals surface area (Å²) in [5.41, 5.74) is 5.59. The Balaban J connectivity index is 4.64. The average molecular weight is 230 g/mol. The van der Waals surface area contributed by atoms with E-state index in [1.54, 1.807) is 0 Å². The average Bonchev–Trinajstić information content (AvgIpc) is 2.00. The molecule has 0 heterocycles. The summed E-state index contributed by atoms with van der Waals surface area (Å²) in [5.74, 6) is 1.16. The first-order valence-corrected chi connectivity index (χ1v) is 5.44. The molecule has 0 aromatic carbocycles. The lowest BCUT2D eigenvalue weighted by atomic mass is 9.96. The first kappa shape index (κ1) is 14.4. The Kier molecular flexibility index (Phi) is 4.71. The summed E-state index contributed by atoms with van der Waals surface area (Å²) in [5, 5.41) is 3.91. The van der Waals surface area contributed by atoms with Crippen LogP contribution in [-0.2, 0) is 4.84 Å². The van der Waals surface area contributed by atoms with Crippen molar-refractivity contribution in [3.8, 4) is 0 Å². The summed E-state index contributed by atoms with van der Waals surface area (Å²) < 4.78 is -0.351. The van der Waals surface area contributed by atoms with E-state index in [9.17, 15) is 0 Å². The Bertz CT molecular complexity index is 269. The smallest absolute Gasteiger partial charge is 0.146 e. The van der Waals surface area contributed by atoms with E-state index in [2.05, 4.69) is 17.8 Å². The molecule has 0 aliphatic heterocycles. The summed E-state index contributed by atoms with van der Waals surface area (Å²) in [6.45, 7) is 11.7. The van der Waals surface area contributed by atoms with Gasteiger partial charge in [0.25, 0.3) is 0 Å². The van der Waals surface area contributed by atoms with Gasteiger partial charge in [-0.05, 0) is 26.8 Å². The summed E-state index contributed by atoms with van der Waals surface area (Å²) in [4.78, 5) is 5.29. The van der Waals surface area contributed by atoms with Crippen molar-refractivity contribution in [2.45, 2.75) is 46.3 Å². The van der Waals surface area contributed by atoms with Crippen LogP contribution >= 0.6 is 12.6 Å². The van der Waals surface area contributed by atoms with Crippen LogP contribution in [0.25, 0.3) is 0 Å². The van der Waals surface area contributed by atoms with Gasteiger partial charge >= 0.3 is 0 Å². The highest BCUT2D eigenvalue weighted by molar-refractivity contribution is 7.82. The van der Waals surface area contributed by atoms with Gasteiger partial charge in [0, 0.05) is 5.41 Å². The lowest BCUT2D eigenvalue weighted by Gasteiger charge is -2.21. The van der Waals surface area contributed by atoms with Gasteiger partial charge in [0.05, 0.1) is 4.75 Å². The molecular formula is C11H22N2OS. The van der Waals surface area contributed by atoms with Gasteiger partial charge in [-0.3, -0.25) is 0 Å². The number of rotatable bonds is 3. The molecule has 15 heavy (non-hydrogen) atoms. The normalized spacial score (nSPS) is 15.4. The van der Waals surface area contributed by atoms with Gasteiger partial charge in [-0.1, -0.05) is 25.9 Å². The second-order valence-electron chi connectivity index (χ2n) is 5.03. The zero-order valence-corrected chi connectivity index (χ0v) is 11.4. The minimum absolute atomic E-state index is 0.181. The summed E-state index contributed by atoms with van der Waals surface area (Å²) >= 11 is 4.40. The number of thiol groups is 1. The number of hydrogen-bond donors (Lipinski definition) is 2. The molecule has 0 bridgehead atoms. The molecule has 0 aromatic heterocycles. The monoisotopic (exact) mass is 230 g/mol. The van der Waals surface area contributed by atoms with Crippen molar-refractivity contribution in [3.05, 3.63) is 11.8 Å². The van der Waals surface area contributed by atoms with Gasteiger partial charge in [0.15, 0.2) is 0 Å².